The summed E-state index contributed by atoms with van der Waals surface area (Å²) in [7, 11) is 1.26. The molecule has 0 aliphatic carbocycles. The lowest BCUT2D eigenvalue weighted by Gasteiger charge is -2.08. The molecule has 3 rings (SSSR count). The molecule has 1 aromatic heterocycles. The van der Waals surface area contributed by atoms with Crippen LogP contribution in [-0.2, 0) is 9.53 Å². The van der Waals surface area contributed by atoms with Crippen molar-refractivity contribution in [3.05, 3.63) is 59.9 Å². The van der Waals surface area contributed by atoms with Crippen molar-refractivity contribution in [1.82, 2.24) is 10.2 Å². The van der Waals surface area contributed by atoms with Gasteiger partial charge in [-0.1, -0.05) is 36.0 Å². The molecule has 138 valence electrons. The molecule has 27 heavy (non-hydrogen) atoms. The largest absolute Gasteiger partial charge is 0.465 e. The molecule has 7 nitrogen and oxygen atoms in total. The Kier molecular flexibility index (Phi) is 5.82. The molecule has 0 unspecified atom stereocenters. The van der Waals surface area contributed by atoms with Gasteiger partial charge in [-0.2, -0.15) is 0 Å². The number of para-hydroxylation sites is 1. The molecular formula is C18H14FN3O4S. The number of nitrogens with one attached hydrogen (secondary N) is 1. The van der Waals surface area contributed by atoms with Gasteiger partial charge in [0.2, 0.25) is 5.91 Å². The molecule has 0 saturated heterocycles. The second-order valence-corrected chi connectivity index (χ2v) is 6.15. The van der Waals surface area contributed by atoms with Crippen LogP contribution >= 0.6 is 11.8 Å². The van der Waals surface area contributed by atoms with Crippen LogP contribution in [0.5, 0.6) is 0 Å². The van der Waals surface area contributed by atoms with E-state index in [-0.39, 0.29) is 33.9 Å². The first kappa shape index (κ1) is 18.6. The van der Waals surface area contributed by atoms with Crippen LogP contribution in [0.4, 0.5) is 10.1 Å². The first-order chi connectivity index (χ1) is 13.1. The molecule has 0 atom stereocenters. The first-order valence-electron chi connectivity index (χ1n) is 7.77. The maximum atomic E-state index is 13.7. The van der Waals surface area contributed by atoms with Gasteiger partial charge < -0.3 is 14.5 Å². The zero-order valence-corrected chi connectivity index (χ0v) is 15.0. The van der Waals surface area contributed by atoms with E-state index in [0.29, 0.717) is 5.69 Å². The second-order valence-electron chi connectivity index (χ2n) is 5.23. The van der Waals surface area contributed by atoms with Gasteiger partial charge in [0.1, 0.15) is 5.82 Å². The van der Waals surface area contributed by atoms with Crippen molar-refractivity contribution >= 4 is 29.3 Å². The van der Waals surface area contributed by atoms with Crippen LogP contribution < -0.4 is 5.32 Å². The zero-order chi connectivity index (χ0) is 19.2. The number of carbonyl (C=O) groups excluding carboxylic acids is 2. The van der Waals surface area contributed by atoms with E-state index >= 15 is 0 Å². The fourth-order valence-electron chi connectivity index (χ4n) is 2.21. The number of ether oxygens (including phenoxy) is 1. The van der Waals surface area contributed by atoms with Gasteiger partial charge in [-0.25, -0.2) is 9.18 Å². The van der Waals surface area contributed by atoms with Crippen molar-refractivity contribution < 1.29 is 23.1 Å². The number of carbonyl (C=O) groups is 2. The summed E-state index contributed by atoms with van der Waals surface area (Å²) in [6, 6.07) is 12.5. The van der Waals surface area contributed by atoms with E-state index in [1.54, 1.807) is 36.4 Å². The van der Waals surface area contributed by atoms with Gasteiger partial charge >= 0.3 is 5.97 Å². The molecule has 1 amide bonds. The number of anilines is 1. The fraction of sp³-hybridized carbons (Fsp3) is 0.111. The monoisotopic (exact) mass is 387 g/mol. The van der Waals surface area contributed by atoms with Crippen LogP contribution in [0.15, 0.2) is 58.2 Å². The number of aromatic nitrogens is 2. The summed E-state index contributed by atoms with van der Waals surface area (Å²) in [6.07, 6.45) is 0. The minimum Gasteiger partial charge on any atom is -0.465 e. The number of methoxy groups -OCH3 is 1. The number of nitrogens with zero attached hydrogens (tertiary/aromatic N) is 2. The third kappa shape index (κ3) is 4.50. The van der Waals surface area contributed by atoms with Crippen molar-refractivity contribution in [3.63, 3.8) is 0 Å². The summed E-state index contributed by atoms with van der Waals surface area (Å²) in [6.45, 7) is 0. The smallest absolute Gasteiger partial charge is 0.339 e. The van der Waals surface area contributed by atoms with Crippen LogP contribution in [0.2, 0.25) is 0 Å². The third-order valence-corrected chi connectivity index (χ3v) is 4.26. The number of hydrogen-bond donors (Lipinski definition) is 1. The van der Waals surface area contributed by atoms with Crippen LogP contribution in [0.3, 0.4) is 0 Å². The fourth-order valence-corrected chi connectivity index (χ4v) is 2.77. The summed E-state index contributed by atoms with van der Waals surface area (Å²) < 4.78 is 23.8. The molecule has 0 aliphatic rings. The van der Waals surface area contributed by atoms with Gasteiger partial charge in [-0.05, 0) is 24.3 Å². The van der Waals surface area contributed by atoms with Crippen LogP contribution in [0.1, 0.15) is 10.4 Å². The van der Waals surface area contributed by atoms with E-state index in [1.165, 1.54) is 19.2 Å². The molecule has 2 aromatic carbocycles. The van der Waals surface area contributed by atoms with Crippen LogP contribution in [0, 0.1) is 5.82 Å². The average Bonchev–Trinajstić information content (AvgIpc) is 3.15. The molecule has 1 N–H and O–H groups in total. The van der Waals surface area contributed by atoms with E-state index in [0.717, 1.165) is 11.8 Å². The zero-order valence-electron chi connectivity index (χ0n) is 14.1. The summed E-state index contributed by atoms with van der Waals surface area (Å²) in [5.74, 6) is -1.40. The highest BCUT2D eigenvalue weighted by molar-refractivity contribution is 7.99. The Hall–Kier alpha value is -3.20. The number of amides is 1. The van der Waals surface area contributed by atoms with Crippen molar-refractivity contribution in [2.45, 2.75) is 5.22 Å². The quantitative estimate of drug-likeness (QED) is 0.512. The maximum Gasteiger partial charge on any atom is 0.339 e. The molecule has 3 aromatic rings. The van der Waals surface area contributed by atoms with E-state index in [9.17, 15) is 14.0 Å². The van der Waals surface area contributed by atoms with Crippen molar-refractivity contribution in [2.75, 3.05) is 18.2 Å². The highest BCUT2D eigenvalue weighted by atomic mass is 32.2. The van der Waals surface area contributed by atoms with E-state index in [1.807, 2.05) is 0 Å². The number of hydrogen-bond acceptors (Lipinski definition) is 7. The van der Waals surface area contributed by atoms with Gasteiger partial charge in [0, 0.05) is 0 Å². The molecule has 0 radical (unpaired) electrons. The van der Waals surface area contributed by atoms with Gasteiger partial charge in [0.05, 0.1) is 29.7 Å². The van der Waals surface area contributed by atoms with Gasteiger partial charge in [0.25, 0.3) is 11.1 Å². The SMILES string of the molecule is COC(=O)c1ccccc1NC(=O)CSc1nnc(-c2ccccc2F)o1. The number of halogens is 1. The minimum absolute atomic E-state index is 0.0333. The lowest BCUT2D eigenvalue weighted by Crippen LogP contribution is -2.17. The van der Waals surface area contributed by atoms with Gasteiger partial charge in [-0.3, -0.25) is 4.79 Å². The van der Waals surface area contributed by atoms with E-state index in [2.05, 4.69) is 20.3 Å². The summed E-state index contributed by atoms with van der Waals surface area (Å²) in [5.41, 5.74) is 0.777. The standard InChI is InChI=1S/C18H14FN3O4S/c1-25-17(24)12-7-3-5-9-14(12)20-15(23)10-27-18-22-21-16(26-18)11-6-2-4-8-13(11)19/h2-9H,10H2,1H3,(H,20,23). The molecule has 9 heteroatoms. The van der Waals surface area contributed by atoms with Gasteiger partial charge in [0.15, 0.2) is 0 Å². The average molecular weight is 387 g/mol. The van der Waals surface area contributed by atoms with Crippen molar-refractivity contribution in [1.29, 1.82) is 0 Å². The lowest BCUT2D eigenvalue weighted by atomic mass is 10.2. The number of rotatable bonds is 6. The Labute approximate surface area is 157 Å². The van der Waals surface area contributed by atoms with Crippen molar-refractivity contribution in [2.24, 2.45) is 0 Å². The Morgan fingerprint density at radius 2 is 1.89 bits per heavy atom. The van der Waals surface area contributed by atoms with Crippen LogP contribution in [-0.4, -0.2) is 34.9 Å². The number of benzene rings is 2. The Morgan fingerprint density at radius 3 is 2.67 bits per heavy atom. The topological polar surface area (TPSA) is 94.3 Å². The molecule has 1 heterocycles. The highest BCUT2D eigenvalue weighted by Crippen LogP contribution is 2.25. The lowest BCUT2D eigenvalue weighted by molar-refractivity contribution is -0.113. The second kappa shape index (κ2) is 8.45. The predicted molar refractivity (Wildman–Crippen MR) is 96.8 cm³/mol. The molecule has 0 fully saturated rings. The summed E-state index contributed by atoms with van der Waals surface area (Å²) >= 11 is 0.998. The molecule has 0 bridgehead atoms. The van der Waals surface area contributed by atoms with Crippen molar-refractivity contribution in [3.8, 4) is 11.5 Å². The summed E-state index contributed by atoms with van der Waals surface area (Å²) in [5, 5.41) is 10.3. The molecule has 0 aliphatic heterocycles. The number of thioether (sulfide) groups is 1. The first-order valence-corrected chi connectivity index (χ1v) is 8.75. The molecule has 0 spiro atoms. The maximum absolute atomic E-state index is 13.7. The predicted octanol–water partition coefficient (Wildman–Crippen LogP) is 3.39. The Bertz CT molecular complexity index is 977. The summed E-state index contributed by atoms with van der Waals surface area (Å²) in [4.78, 5) is 23.9. The molecular weight excluding hydrogens is 373 g/mol. The van der Waals surface area contributed by atoms with E-state index < -0.39 is 11.8 Å². The number of esters is 1. The highest BCUT2D eigenvalue weighted by Gasteiger charge is 2.16. The minimum atomic E-state index is -0.551. The normalized spacial score (nSPS) is 10.4. The Balaban J connectivity index is 1.62. The molecule has 0 saturated carbocycles. The van der Waals surface area contributed by atoms with E-state index in [4.69, 9.17) is 4.42 Å². The van der Waals surface area contributed by atoms with Crippen LogP contribution in [0.25, 0.3) is 11.5 Å². The third-order valence-electron chi connectivity index (χ3n) is 3.44. The Morgan fingerprint density at radius 1 is 1.15 bits per heavy atom. The van der Waals surface area contributed by atoms with Gasteiger partial charge in [-0.15, -0.1) is 10.2 Å².